The fraction of sp³-hybridized carbons (Fsp3) is 0.300. The van der Waals surface area contributed by atoms with Gasteiger partial charge >= 0.3 is 0 Å². The van der Waals surface area contributed by atoms with Gasteiger partial charge in [-0.15, -0.1) is 11.8 Å². The van der Waals surface area contributed by atoms with Gasteiger partial charge < -0.3 is 15.0 Å². The van der Waals surface area contributed by atoms with Crippen molar-refractivity contribution in [1.82, 2.24) is 9.62 Å². The van der Waals surface area contributed by atoms with Crippen molar-refractivity contribution in [2.75, 3.05) is 31.6 Å². The summed E-state index contributed by atoms with van der Waals surface area (Å²) in [5.41, 5.74) is 1.13. The zero-order valence-corrected chi connectivity index (χ0v) is 18.7. The first-order chi connectivity index (χ1) is 14.8. The second-order valence-corrected chi connectivity index (χ2v) is 10.4. The Bertz CT molecular complexity index is 1100. The van der Waals surface area contributed by atoms with Gasteiger partial charge in [-0.1, -0.05) is 23.7 Å². The first-order valence-electron chi connectivity index (χ1n) is 9.56. The van der Waals surface area contributed by atoms with Crippen molar-refractivity contribution >= 4 is 50.9 Å². The van der Waals surface area contributed by atoms with Gasteiger partial charge in [0.25, 0.3) is 0 Å². The molecular formula is C20H20ClN3O5S2. The number of ether oxygens (including phenoxy) is 1. The summed E-state index contributed by atoms with van der Waals surface area (Å²) in [6.07, 6.45) is 0. The Hall–Kier alpha value is -2.11. The van der Waals surface area contributed by atoms with Crippen LogP contribution in [0.25, 0.3) is 0 Å². The van der Waals surface area contributed by atoms with E-state index in [0.29, 0.717) is 41.9 Å². The molecule has 0 radical (unpaired) electrons. The first-order valence-corrected chi connectivity index (χ1v) is 12.3. The highest BCUT2D eigenvalue weighted by atomic mass is 35.5. The van der Waals surface area contributed by atoms with E-state index in [9.17, 15) is 18.0 Å². The Labute approximate surface area is 189 Å². The summed E-state index contributed by atoms with van der Waals surface area (Å²) in [5.74, 6) is -0.726. The summed E-state index contributed by atoms with van der Waals surface area (Å²) >= 11 is 6.97. The van der Waals surface area contributed by atoms with Gasteiger partial charge in [0.2, 0.25) is 21.8 Å². The van der Waals surface area contributed by atoms with Crippen LogP contribution in [-0.4, -0.2) is 56.7 Å². The number of sulfonamides is 1. The van der Waals surface area contributed by atoms with E-state index in [1.54, 1.807) is 35.2 Å². The van der Waals surface area contributed by atoms with E-state index in [2.05, 4.69) is 10.0 Å². The van der Waals surface area contributed by atoms with Crippen molar-refractivity contribution in [3.05, 3.63) is 53.1 Å². The van der Waals surface area contributed by atoms with Crippen LogP contribution in [0.2, 0.25) is 5.02 Å². The highest BCUT2D eigenvalue weighted by Crippen LogP contribution is 2.37. The highest BCUT2D eigenvalue weighted by molar-refractivity contribution is 8.01. The Morgan fingerprint density at radius 2 is 1.90 bits per heavy atom. The Morgan fingerprint density at radius 3 is 2.61 bits per heavy atom. The zero-order chi connectivity index (χ0) is 22.0. The maximum absolute atomic E-state index is 12.7. The maximum atomic E-state index is 12.7. The van der Waals surface area contributed by atoms with Crippen molar-refractivity contribution in [2.45, 2.75) is 21.6 Å². The highest BCUT2D eigenvalue weighted by Gasteiger charge is 2.36. The lowest BCUT2D eigenvalue weighted by Crippen LogP contribution is -2.49. The number of nitrogens with one attached hydrogen (secondary N) is 2. The van der Waals surface area contributed by atoms with Crippen LogP contribution < -0.4 is 10.0 Å². The van der Waals surface area contributed by atoms with Crippen molar-refractivity contribution < 1.29 is 22.7 Å². The van der Waals surface area contributed by atoms with E-state index in [1.807, 2.05) is 0 Å². The Kier molecular flexibility index (Phi) is 6.54. The molecule has 11 heteroatoms. The summed E-state index contributed by atoms with van der Waals surface area (Å²) in [4.78, 5) is 27.6. The number of halogens is 1. The van der Waals surface area contributed by atoms with E-state index in [4.69, 9.17) is 16.3 Å². The fourth-order valence-corrected chi connectivity index (χ4v) is 5.45. The molecule has 2 heterocycles. The van der Waals surface area contributed by atoms with Crippen molar-refractivity contribution in [1.29, 1.82) is 0 Å². The third-order valence-electron chi connectivity index (χ3n) is 4.93. The predicted octanol–water partition coefficient (Wildman–Crippen LogP) is 2.09. The standard InChI is InChI=1S/C20H20ClN3O5S2/c21-14-3-1-13(2-4-14)12-22-31(27,28)15-5-6-17-16(11-15)23-19(25)18(30-17)20(26)24-7-9-29-10-8-24/h1-6,11,18,22H,7-10,12H2,(H,23,25)/t18-/m0/s1. The van der Waals surface area contributed by atoms with Gasteiger partial charge in [-0.3, -0.25) is 9.59 Å². The molecule has 2 aliphatic heterocycles. The van der Waals surface area contributed by atoms with Crippen LogP contribution in [0, 0.1) is 0 Å². The number of anilines is 1. The van der Waals surface area contributed by atoms with Gasteiger partial charge in [0.1, 0.15) is 0 Å². The Morgan fingerprint density at radius 1 is 1.19 bits per heavy atom. The second kappa shape index (κ2) is 9.17. The zero-order valence-electron chi connectivity index (χ0n) is 16.3. The lowest BCUT2D eigenvalue weighted by molar-refractivity contribution is -0.137. The molecule has 2 N–H and O–H groups in total. The van der Waals surface area contributed by atoms with Crippen LogP contribution in [0.15, 0.2) is 52.3 Å². The first kappa shape index (κ1) is 22.1. The average Bonchev–Trinajstić information content (AvgIpc) is 2.78. The number of morpholine rings is 1. The molecule has 1 atom stereocenters. The normalized spacial score (nSPS) is 18.9. The fourth-order valence-electron chi connectivity index (χ4n) is 3.23. The maximum Gasteiger partial charge on any atom is 0.247 e. The van der Waals surface area contributed by atoms with Crippen LogP contribution in [-0.2, 0) is 30.9 Å². The van der Waals surface area contributed by atoms with Gasteiger partial charge in [-0.25, -0.2) is 13.1 Å². The SMILES string of the molecule is O=C1Nc2cc(S(=O)(=O)NCc3ccc(Cl)cc3)ccc2S[C@@H]1C(=O)N1CCOCC1. The topological polar surface area (TPSA) is 105 Å². The van der Waals surface area contributed by atoms with Gasteiger partial charge in [0.05, 0.1) is 23.8 Å². The van der Waals surface area contributed by atoms with Gasteiger partial charge in [0, 0.05) is 29.6 Å². The Balaban J connectivity index is 1.47. The molecule has 2 aliphatic rings. The van der Waals surface area contributed by atoms with E-state index in [-0.39, 0.29) is 17.3 Å². The van der Waals surface area contributed by atoms with Crippen molar-refractivity contribution in [2.24, 2.45) is 0 Å². The van der Waals surface area contributed by atoms with Crippen molar-refractivity contribution in [3.63, 3.8) is 0 Å². The summed E-state index contributed by atoms with van der Waals surface area (Å²) in [6, 6.07) is 11.3. The molecule has 164 valence electrons. The van der Waals surface area contributed by atoms with Crippen LogP contribution >= 0.6 is 23.4 Å². The smallest absolute Gasteiger partial charge is 0.247 e. The van der Waals surface area contributed by atoms with E-state index in [0.717, 1.165) is 17.3 Å². The molecule has 0 unspecified atom stereocenters. The molecule has 0 bridgehead atoms. The van der Waals surface area contributed by atoms with Gasteiger partial charge in [-0.05, 0) is 35.9 Å². The molecule has 31 heavy (non-hydrogen) atoms. The minimum absolute atomic E-state index is 0.0269. The molecule has 1 fully saturated rings. The minimum atomic E-state index is -3.80. The number of rotatable bonds is 5. The molecular weight excluding hydrogens is 462 g/mol. The summed E-state index contributed by atoms with van der Waals surface area (Å²) in [7, 11) is -3.80. The lowest BCUT2D eigenvalue weighted by Gasteiger charge is -2.31. The quantitative estimate of drug-likeness (QED) is 0.634. The summed E-state index contributed by atoms with van der Waals surface area (Å²) < 4.78 is 33.2. The number of thioether (sulfide) groups is 1. The number of hydrogen-bond acceptors (Lipinski definition) is 6. The van der Waals surface area contributed by atoms with Crippen LogP contribution in [0.5, 0.6) is 0 Å². The third-order valence-corrected chi connectivity index (χ3v) is 7.84. The predicted molar refractivity (Wildman–Crippen MR) is 118 cm³/mol. The lowest BCUT2D eigenvalue weighted by atomic mass is 10.2. The van der Waals surface area contributed by atoms with Gasteiger partial charge in [-0.2, -0.15) is 0 Å². The van der Waals surface area contributed by atoms with Crippen LogP contribution in [0.4, 0.5) is 5.69 Å². The number of benzene rings is 2. The largest absolute Gasteiger partial charge is 0.378 e. The molecule has 0 saturated carbocycles. The molecule has 2 aromatic carbocycles. The number of fused-ring (bicyclic) bond motifs is 1. The molecule has 1 saturated heterocycles. The summed E-state index contributed by atoms with van der Waals surface area (Å²) in [6.45, 7) is 1.91. The van der Waals surface area contributed by atoms with Crippen LogP contribution in [0.3, 0.4) is 0 Å². The number of carbonyl (C=O) groups is 2. The number of nitrogens with zero attached hydrogens (tertiary/aromatic N) is 1. The second-order valence-electron chi connectivity index (χ2n) is 7.03. The molecule has 0 aromatic heterocycles. The van der Waals surface area contributed by atoms with Crippen molar-refractivity contribution in [3.8, 4) is 0 Å². The summed E-state index contributed by atoms with van der Waals surface area (Å²) in [5, 5.41) is 2.34. The number of amides is 2. The van der Waals surface area contributed by atoms with Gasteiger partial charge in [0.15, 0.2) is 5.25 Å². The van der Waals surface area contributed by atoms with E-state index < -0.39 is 21.2 Å². The minimum Gasteiger partial charge on any atom is -0.378 e. The molecule has 8 nitrogen and oxygen atoms in total. The number of carbonyl (C=O) groups excluding carboxylic acids is 2. The molecule has 2 amide bonds. The van der Waals surface area contributed by atoms with Crippen LogP contribution in [0.1, 0.15) is 5.56 Å². The van der Waals surface area contributed by atoms with E-state index in [1.165, 1.54) is 12.1 Å². The molecule has 0 spiro atoms. The third kappa shape index (κ3) is 5.04. The molecule has 4 rings (SSSR count). The number of hydrogen-bond donors (Lipinski definition) is 2. The molecule has 0 aliphatic carbocycles. The average molecular weight is 482 g/mol. The van der Waals surface area contributed by atoms with E-state index >= 15 is 0 Å². The molecule has 2 aromatic rings. The monoisotopic (exact) mass is 481 g/mol.